The molecule has 3 aromatic rings. The zero-order valence-corrected chi connectivity index (χ0v) is 12.3. The van der Waals surface area contributed by atoms with Gasteiger partial charge in [0.1, 0.15) is 24.0 Å². The van der Waals surface area contributed by atoms with Crippen molar-refractivity contribution in [1.82, 2.24) is 9.55 Å². The number of para-hydroxylation sites is 3. The van der Waals surface area contributed by atoms with Crippen molar-refractivity contribution in [3.63, 3.8) is 0 Å². The molecule has 0 saturated heterocycles. The second-order valence-electron chi connectivity index (χ2n) is 5.15. The van der Waals surface area contributed by atoms with E-state index in [4.69, 9.17) is 9.84 Å². The fourth-order valence-corrected chi connectivity index (χ4v) is 2.39. The van der Waals surface area contributed by atoms with Gasteiger partial charge in [0.2, 0.25) is 0 Å². The Bertz CT molecular complexity index is 828. The van der Waals surface area contributed by atoms with Crippen molar-refractivity contribution in [2.24, 2.45) is 0 Å². The van der Waals surface area contributed by atoms with Crippen molar-refractivity contribution in [2.45, 2.75) is 12.6 Å². The average Bonchev–Trinajstić information content (AvgIpc) is 2.96. The van der Waals surface area contributed by atoms with Crippen molar-refractivity contribution in [3.05, 3.63) is 60.4 Å². The predicted molar refractivity (Wildman–Crippen MR) is 84.6 cm³/mol. The number of fused-ring (bicyclic) bond motifs is 1. The van der Waals surface area contributed by atoms with Gasteiger partial charge in [-0.05, 0) is 24.3 Å². The molecule has 1 aromatic heterocycles. The lowest BCUT2D eigenvalue weighted by molar-refractivity contribution is 0.0678. The number of carboxylic acids is 1. The molecule has 6 nitrogen and oxygen atoms in total. The van der Waals surface area contributed by atoms with Gasteiger partial charge in [-0.2, -0.15) is 0 Å². The van der Waals surface area contributed by atoms with Gasteiger partial charge in [0.15, 0.2) is 0 Å². The summed E-state index contributed by atoms with van der Waals surface area (Å²) >= 11 is 0. The molecule has 2 N–H and O–H groups in total. The molecular formula is C17H16N2O4. The number of benzene rings is 2. The Balaban J connectivity index is 1.66. The summed E-state index contributed by atoms with van der Waals surface area (Å²) in [6.07, 6.45) is 0.883. The molecule has 0 saturated carbocycles. The lowest BCUT2D eigenvalue weighted by Gasteiger charge is -2.14. The first-order valence-corrected chi connectivity index (χ1v) is 7.18. The predicted octanol–water partition coefficient (Wildman–Crippen LogP) is 2.17. The summed E-state index contributed by atoms with van der Waals surface area (Å²) in [5.74, 6) is -0.815. The fourth-order valence-electron chi connectivity index (χ4n) is 2.39. The molecule has 1 atom stereocenters. The minimum atomic E-state index is -1.06. The van der Waals surface area contributed by atoms with Gasteiger partial charge in [-0.1, -0.05) is 24.3 Å². The van der Waals surface area contributed by atoms with E-state index in [2.05, 4.69) is 4.98 Å². The van der Waals surface area contributed by atoms with E-state index in [0.717, 1.165) is 11.0 Å². The maximum absolute atomic E-state index is 11.1. The van der Waals surface area contributed by atoms with Crippen LogP contribution < -0.4 is 4.74 Å². The van der Waals surface area contributed by atoms with Crippen LogP contribution in [0.2, 0.25) is 0 Å². The molecule has 0 spiro atoms. The molecule has 3 rings (SSSR count). The van der Waals surface area contributed by atoms with E-state index in [1.165, 1.54) is 6.07 Å². The molecule has 23 heavy (non-hydrogen) atoms. The molecule has 0 aliphatic heterocycles. The SMILES string of the molecule is O=C(O)c1ccccc1OC[C@H](O)Cn1cnc2ccccc21. The first-order chi connectivity index (χ1) is 11.1. The zero-order chi connectivity index (χ0) is 16.2. The lowest BCUT2D eigenvalue weighted by Crippen LogP contribution is -2.23. The third-order valence-electron chi connectivity index (χ3n) is 3.48. The molecule has 0 aliphatic carbocycles. The number of hydrogen-bond donors (Lipinski definition) is 2. The van der Waals surface area contributed by atoms with E-state index in [9.17, 15) is 9.90 Å². The molecule has 6 heteroatoms. The number of rotatable bonds is 6. The highest BCUT2D eigenvalue weighted by atomic mass is 16.5. The van der Waals surface area contributed by atoms with Crippen molar-refractivity contribution in [2.75, 3.05) is 6.61 Å². The van der Waals surface area contributed by atoms with Gasteiger partial charge in [-0.25, -0.2) is 9.78 Å². The second-order valence-corrected chi connectivity index (χ2v) is 5.15. The maximum atomic E-state index is 11.1. The number of carbonyl (C=O) groups is 1. The molecule has 2 aromatic carbocycles. The van der Waals surface area contributed by atoms with Gasteiger partial charge >= 0.3 is 5.97 Å². The Morgan fingerprint density at radius 3 is 2.74 bits per heavy atom. The number of nitrogens with zero attached hydrogens (tertiary/aromatic N) is 2. The number of imidazole rings is 1. The highest BCUT2D eigenvalue weighted by Gasteiger charge is 2.13. The highest BCUT2D eigenvalue weighted by Crippen LogP contribution is 2.18. The second kappa shape index (κ2) is 6.50. The Hall–Kier alpha value is -2.86. The van der Waals surface area contributed by atoms with E-state index in [-0.39, 0.29) is 17.9 Å². The van der Waals surface area contributed by atoms with Crippen LogP contribution in [0.5, 0.6) is 5.75 Å². The Labute approximate surface area is 132 Å². The van der Waals surface area contributed by atoms with E-state index < -0.39 is 12.1 Å². The number of aliphatic hydroxyl groups excluding tert-OH is 1. The Morgan fingerprint density at radius 1 is 1.17 bits per heavy atom. The largest absolute Gasteiger partial charge is 0.490 e. The van der Waals surface area contributed by atoms with E-state index in [1.54, 1.807) is 24.5 Å². The summed E-state index contributed by atoms with van der Waals surface area (Å²) in [4.78, 5) is 15.4. The molecule has 0 radical (unpaired) electrons. The van der Waals surface area contributed by atoms with Gasteiger partial charge in [-0.15, -0.1) is 0 Å². The minimum absolute atomic E-state index is 0.00317. The van der Waals surface area contributed by atoms with Crippen molar-refractivity contribution in [3.8, 4) is 5.75 Å². The summed E-state index contributed by atoms with van der Waals surface area (Å²) < 4.78 is 7.30. The third-order valence-corrected chi connectivity index (χ3v) is 3.48. The molecular weight excluding hydrogens is 296 g/mol. The Kier molecular flexibility index (Phi) is 4.25. The fraction of sp³-hybridized carbons (Fsp3) is 0.176. The normalized spacial score (nSPS) is 12.2. The highest BCUT2D eigenvalue weighted by molar-refractivity contribution is 5.90. The summed E-state index contributed by atoms with van der Waals surface area (Å²) in [6, 6.07) is 14.0. The number of hydrogen-bond acceptors (Lipinski definition) is 4. The molecule has 0 amide bonds. The summed E-state index contributed by atoms with van der Waals surface area (Å²) in [5, 5.41) is 19.3. The van der Waals surface area contributed by atoms with Crippen molar-refractivity contribution in [1.29, 1.82) is 0 Å². The van der Waals surface area contributed by atoms with E-state index >= 15 is 0 Å². The smallest absolute Gasteiger partial charge is 0.339 e. The average molecular weight is 312 g/mol. The van der Waals surface area contributed by atoms with Crippen LogP contribution in [0.15, 0.2) is 54.9 Å². The molecule has 0 bridgehead atoms. The quantitative estimate of drug-likeness (QED) is 0.729. The van der Waals surface area contributed by atoms with Crippen LogP contribution in [0.25, 0.3) is 11.0 Å². The van der Waals surface area contributed by atoms with Crippen LogP contribution in [0.4, 0.5) is 0 Å². The van der Waals surface area contributed by atoms with Crippen LogP contribution in [0.3, 0.4) is 0 Å². The molecule has 0 fully saturated rings. The van der Waals surface area contributed by atoms with E-state index in [0.29, 0.717) is 6.54 Å². The van der Waals surface area contributed by atoms with Crippen LogP contribution in [-0.4, -0.2) is 38.4 Å². The van der Waals surface area contributed by atoms with Crippen molar-refractivity contribution < 1.29 is 19.7 Å². The van der Waals surface area contributed by atoms with Crippen LogP contribution in [0, 0.1) is 0 Å². The third kappa shape index (κ3) is 3.32. The van der Waals surface area contributed by atoms with Gasteiger partial charge in [0.05, 0.1) is 23.9 Å². The standard InChI is InChI=1S/C17H16N2O4/c20-12(9-19-11-18-14-6-2-3-7-15(14)19)10-23-16-8-4-1-5-13(16)17(21)22/h1-8,11-12,20H,9-10H2,(H,21,22)/t12-/m1/s1. The number of aromatic carboxylic acids is 1. The minimum Gasteiger partial charge on any atom is -0.490 e. The van der Waals surface area contributed by atoms with Crippen LogP contribution >= 0.6 is 0 Å². The number of carboxylic acid groups (broad SMARTS) is 1. The van der Waals surface area contributed by atoms with Gasteiger partial charge in [0, 0.05) is 0 Å². The van der Waals surface area contributed by atoms with Crippen LogP contribution in [0.1, 0.15) is 10.4 Å². The summed E-state index contributed by atoms with van der Waals surface area (Å²) in [7, 11) is 0. The summed E-state index contributed by atoms with van der Waals surface area (Å²) in [5.41, 5.74) is 1.86. The number of aliphatic hydroxyl groups is 1. The molecule has 1 heterocycles. The monoisotopic (exact) mass is 312 g/mol. The lowest BCUT2D eigenvalue weighted by atomic mass is 10.2. The topological polar surface area (TPSA) is 84.6 Å². The molecule has 118 valence electrons. The first-order valence-electron chi connectivity index (χ1n) is 7.18. The molecule has 0 aliphatic rings. The van der Waals surface area contributed by atoms with Gasteiger partial charge in [0.25, 0.3) is 0 Å². The van der Waals surface area contributed by atoms with Crippen LogP contribution in [-0.2, 0) is 6.54 Å². The zero-order valence-electron chi connectivity index (χ0n) is 12.3. The van der Waals surface area contributed by atoms with E-state index in [1.807, 2.05) is 28.8 Å². The number of aromatic nitrogens is 2. The summed E-state index contributed by atoms with van der Waals surface area (Å²) in [6.45, 7) is 0.312. The first kappa shape index (κ1) is 15.1. The maximum Gasteiger partial charge on any atom is 0.339 e. The van der Waals surface area contributed by atoms with Gasteiger partial charge in [-0.3, -0.25) is 0 Å². The number of ether oxygens (including phenoxy) is 1. The molecule has 0 unspecified atom stereocenters. The Morgan fingerprint density at radius 2 is 1.91 bits per heavy atom. The van der Waals surface area contributed by atoms with Gasteiger partial charge < -0.3 is 19.5 Å². The van der Waals surface area contributed by atoms with Crippen molar-refractivity contribution >= 4 is 17.0 Å².